The average Bonchev–Trinajstić information content (AvgIpc) is 2.92. The van der Waals surface area contributed by atoms with E-state index >= 15 is 0 Å². The number of carbonyl (C=O) groups is 1. The first-order valence-electron chi connectivity index (χ1n) is 6.68. The number of hydrogen-bond acceptors (Lipinski definition) is 2. The molecule has 1 aliphatic heterocycles. The lowest BCUT2D eigenvalue weighted by atomic mass is 10.1. The smallest absolute Gasteiger partial charge is 0.258 e. The zero-order chi connectivity index (χ0) is 13.1. The number of unbranched alkanes of at least 4 members (excludes halogenated alkanes) is 1. The van der Waals surface area contributed by atoms with Crippen LogP contribution in [0.5, 0.6) is 0 Å². The molecule has 0 N–H and O–H groups in total. The van der Waals surface area contributed by atoms with Crippen molar-refractivity contribution in [1.82, 2.24) is 4.90 Å². The highest BCUT2D eigenvalue weighted by Crippen LogP contribution is 2.22. The van der Waals surface area contributed by atoms with Crippen molar-refractivity contribution in [3.05, 3.63) is 35.3 Å². The first-order chi connectivity index (χ1) is 8.63. The van der Waals surface area contributed by atoms with Gasteiger partial charge < -0.3 is 9.32 Å². The highest BCUT2D eigenvalue weighted by molar-refractivity contribution is 5.96. The molecule has 2 rings (SSSR count). The zero-order valence-corrected chi connectivity index (χ0v) is 11.4. The molecule has 0 saturated carbocycles. The third-order valence-electron chi connectivity index (χ3n) is 3.45. The van der Waals surface area contributed by atoms with Crippen LogP contribution in [0, 0.1) is 13.8 Å². The molecule has 1 aliphatic rings. The Labute approximate surface area is 108 Å². The molecule has 18 heavy (non-hydrogen) atoms. The topological polar surface area (TPSA) is 33.5 Å². The standard InChI is InChI=1S/C15H21NO2/c1-4-5-7-13-8-6-9-16(13)15(17)14-10-11(2)18-12(14)3/h6,8,10,13H,4-5,7,9H2,1-3H3. The van der Waals surface area contributed by atoms with E-state index < -0.39 is 0 Å². The number of furan rings is 1. The summed E-state index contributed by atoms with van der Waals surface area (Å²) in [5.74, 6) is 1.61. The summed E-state index contributed by atoms with van der Waals surface area (Å²) in [6.07, 6.45) is 7.60. The van der Waals surface area contributed by atoms with Gasteiger partial charge in [-0.25, -0.2) is 0 Å². The lowest BCUT2D eigenvalue weighted by Gasteiger charge is -2.24. The Hall–Kier alpha value is -1.51. The van der Waals surface area contributed by atoms with E-state index in [-0.39, 0.29) is 11.9 Å². The van der Waals surface area contributed by atoms with Crippen molar-refractivity contribution in [3.8, 4) is 0 Å². The van der Waals surface area contributed by atoms with Crippen LogP contribution in [-0.2, 0) is 0 Å². The van der Waals surface area contributed by atoms with Gasteiger partial charge >= 0.3 is 0 Å². The molecule has 0 radical (unpaired) electrons. The molecule has 3 nitrogen and oxygen atoms in total. The van der Waals surface area contributed by atoms with Crippen LogP contribution in [0.2, 0.25) is 0 Å². The second-order valence-corrected chi connectivity index (χ2v) is 4.92. The van der Waals surface area contributed by atoms with Gasteiger partial charge in [-0.3, -0.25) is 4.79 Å². The second-order valence-electron chi connectivity index (χ2n) is 4.92. The van der Waals surface area contributed by atoms with Crippen LogP contribution < -0.4 is 0 Å². The van der Waals surface area contributed by atoms with Gasteiger partial charge in [0.2, 0.25) is 0 Å². The summed E-state index contributed by atoms with van der Waals surface area (Å²) in [5, 5.41) is 0. The van der Waals surface area contributed by atoms with E-state index in [0.29, 0.717) is 5.56 Å². The van der Waals surface area contributed by atoms with Crippen LogP contribution in [0.15, 0.2) is 22.6 Å². The van der Waals surface area contributed by atoms with Gasteiger partial charge in [0.05, 0.1) is 11.6 Å². The van der Waals surface area contributed by atoms with Gasteiger partial charge in [-0.2, -0.15) is 0 Å². The lowest BCUT2D eigenvalue weighted by Crippen LogP contribution is -2.36. The third-order valence-corrected chi connectivity index (χ3v) is 3.45. The molecule has 0 spiro atoms. The van der Waals surface area contributed by atoms with Crippen LogP contribution >= 0.6 is 0 Å². The molecule has 0 bridgehead atoms. The van der Waals surface area contributed by atoms with E-state index in [1.165, 1.54) is 0 Å². The van der Waals surface area contributed by atoms with Gasteiger partial charge in [0.25, 0.3) is 5.91 Å². The van der Waals surface area contributed by atoms with Crippen molar-refractivity contribution in [3.63, 3.8) is 0 Å². The minimum absolute atomic E-state index is 0.0930. The number of nitrogens with zero attached hydrogens (tertiary/aromatic N) is 1. The molecule has 1 atom stereocenters. The molecular weight excluding hydrogens is 226 g/mol. The molecule has 98 valence electrons. The third kappa shape index (κ3) is 2.50. The largest absolute Gasteiger partial charge is 0.466 e. The summed E-state index contributed by atoms with van der Waals surface area (Å²) in [4.78, 5) is 14.4. The molecule has 1 amide bonds. The Morgan fingerprint density at radius 1 is 1.50 bits per heavy atom. The number of hydrogen-bond donors (Lipinski definition) is 0. The Kier molecular flexibility index (Phi) is 3.90. The quantitative estimate of drug-likeness (QED) is 0.763. The minimum atomic E-state index is 0.0930. The Morgan fingerprint density at radius 3 is 2.89 bits per heavy atom. The first kappa shape index (κ1) is 12.9. The number of aryl methyl sites for hydroxylation is 2. The summed E-state index contributed by atoms with van der Waals surface area (Å²) < 4.78 is 5.44. The van der Waals surface area contributed by atoms with E-state index in [2.05, 4.69) is 19.1 Å². The monoisotopic (exact) mass is 247 g/mol. The van der Waals surface area contributed by atoms with Crippen LogP contribution in [0.4, 0.5) is 0 Å². The molecule has 3 heteroatoms. The Balaban J connectivity index is 2.11. The summed E-state index contributed by atoms with van der Waals surface area (Å²) >= 11 is 0. The van der Waals surface area contributed by atoms with Gasteiger partial charge in [-0.1, -0.05) is 31.9 Å². The summed E-state index contributed by atoms with van der Waals surface area (Å²) in [5.41, 5.74) is 0.706. The van der Waals surface area contributed by atoms with Crippen LogP contribution in [0.1, 0.15) is 48.1 Å². The van der Waals surface area contributed by atoms with Crippen molar-refractivity contribution < 1.29 is 9.21 Å². The second kappa shape index (κ2) is 5.42. The SMILES string of the molecule is CCCCC1C=CCN1C(=O)c1cc(C)oc1C. The molecular formula is C15H21NO2. The highest BCUT2D eigenvalue weighted by atomic mass is 16.3. The average molecular weight is 247 g/mol. The molecule has 1 aromatic rings. The fourth-order valence-corrected chi connectivity index (χ4v) is 2.47. The molecule has 0 aliphatic carbocycles. The van der Waals surface area contributed by atoms with Crippen LogP contribution in [-0.4, -0.2) is 23.4 Å². The highest BCUT2D eigenvalue weighted by Gasteiger charge is 2.27. The Bertz CT molecular complexity index is 459. The van der Waals surface area contributed by atoms with E-state index in [1.807, 2.05) is 24.8 Å². The summed E-state index contributed by atoms with van der Waals surface area (Å²) in [6.45, 7) is 6.62. The molecule has 0 saturated heterocycles. The zero-order valence-electron chi connectivity index (χ0n) is 11.4. The Morgan fingerprint density at radius 2 is 2.28 bits per heavy atom. The van der Waals surface area contributed by atoms with Crippen molar-refractivity contribution in [2.45, 2.75) is 46.1 Å². The van der Waals surface area contributed by atoms with Crippen molar-refractivity contribution in [2.24, 2.45) is 0 Å². The summed E-state index contributed by atoms with van der Waals surface area (Å²) in [6, 6.07) is 2.10. The van der Waals surface area contributed by atoms with Crippen molar-refractivity contribution >= 4 is 5.91 Å². The minimum Gasteiger partial charge on any atom is -0.466 e. The molecule has 0 fully saturated rings. The molecule has 0 aromatic carbocycles. The number of carbonyl (C=O) groups excluding carboxylic acids is 1. The number of amides is 1. The van der Waals surface area contributed by atoms with Gasteiger partial charge in [0, 0.05) is 6.54 Å². The lowest BCUT2D eigenvalue weighted by molar-refractivity contribution is 0.0742. The van der Waals surface area contributed by atoms with Gasteiger partial charge in [0.15, 0.2) is 0 Å². The first-order valence-corrected chi connectivity index (χ1v) is 6.68. The van der Waals surface area contributed by atoms with E-state index in [4.69, 9.17) is 4.42 Å². The predicted molar refractivity (Wildman–Crippen MR) is 71.7 cm³/mol. The van der Waals surface area contributed by atoms with E-state index in [1.54, 1.807) is 0 Å². The maximum atomic E-state index is 12.5. The van der Waals surface area contributed by atoms with Crippen LogP contribution in [0.25, 0.3) is 0 Å². The summed E-state index contributed by atoms with van der Waals surface area (Å²) in [7, 11) is 0. The fourth-order valence-electron chi connectivity index (χ4n) is 2.47. The van der Waals surface area contributed by atoms with Gasteiger partial charge in [0.1, 0.15) is 11.5 Å². The van der Waals surface area contributed by atoms with Crippen molar-refractivity contribution in [2.75, 3.05) is 6.54 Å². The maximum absolute atomic E-state index is 12.5. The van der Waals surface area contributed by atoms with Gasteiger partial charge in [-0.05, 0) is 26.3 Å². The molecule has 1 aromatic heterocycles. The number of rotatable bonds is 4. The van der Waals surface area contributed by atoms with E-state index in [9.17, 15) is 4.79 Å². The molecule has 2 heterocycles. The fraction of sp³-hybridized carbons (Fsp3) is 0.533. The molecule has 1 unspecified atom stereocenters. The van der Waals surface area contributed by atoms with Crippen molar-refractivity contribution in [1.29, 1.82) is 0 Å². The van der Waals surface area contributed by atoms with E-state index in [0.717, 1.165) is 37.3 Å². The maximum Gasteiger partial charge on any atom is 0.258 e. The van der Waals surface area contributed by atoms with Gasteiger partial charge in [-0.15, -0.1) is 0 Å². The normalized spacial score (nSPS) is 18.6. The predicted octanol–water partition coefficient (Wildman–Crippen LogP) is 3.47. The van der Waals surface area contributed by atoms with Crippen LogP contribution in [0.3, 0.4) is 0 Å².